The van der Waals surface area contributed by atoms with Crippen LogP contribution in [0, 0.1) is 28.1 Å². The molecule has 8 unspecified atom stereocenters. The highest BCUT2D eigenvalue weighted by atomic mass is 31.2. The lowest BCUT2D eigenvalue weighted by molar-refractivity contribution is -0.890. The number of likely N-dealkylation sites (N-methyl/N-ethyl adjacent to an activating group) is 2. The van der Waals surface area contributed by atoms with Crippen LogP contribution in [0.3, 0.4) is 0 Å². The fourth-order valence-electron chi connectivity index (χ4n) is 5.68. The summed E-state index contributed by atoms with van der Waals surface area (Å²) in [6.45, 7) is 20.7. The number of esters is 3. The standard InChI is InChI=1S/C19H36NO8P.C15H30NO7P.C15H27O8P.3CH4/c1-8-17(22)19(5,9-2)18(23)26-12-10-20(6,7)11-13-27-29(24,25)28-14-15(3)16(4)21;1-7-13(17)15(3,8-2)14(18)21-11-12-23-24(19,20)22-10-9-16(4,5)6;1-6-13(17)15(5,7-2)14(18)21-8-9-22-24(19,20)23-10-11(3)12(4)16;;;/h15H,8-14H2,1-7H3;7-12H2,1-6H3;11H,6-10H2,1-5H3,(H,19,20);3*1H4/p+2. The molecule has 0 aliphatic carbocycles. The number of ether oxygens (including phenoxy) is 3. The molecule has 0 fully saturated rings. The largest absolute Gasteiger partial charge is 0.472 e. The Morgan fingerprint density at radius 3 is 0.938 bits per heavy atom. The van der Waals surface area contributed by atoms with E-state index >= 15 is 0 Å². The highest BCUT2D eigenvalue weighted by Crippen LogP contribution is 2.45. The van der Waals surface area contributed by atoms with Crippen LogP contribution in [-0.2, 0) is 93.4 Å². The summed E-state index contributed by atoms with van der Waals surface area (Å²) >= 11 is 0. The van der Waals surface area contributed by atoms with Crippen molar-refractivity contribution >= 4 is 70.3 Å². The molecule has 0 aromatic rings. The van der Waals surface area contributed by atoms with Crippen LogP contribution in [0.1, 0.15) is 151 Å². The molecular weight excluding hydrogens is 1110 g/mol. The van der Waals surface area contributed by atoms with E-state index in [-0.39, 0.29) is 130 Å². The fourth-order valence-corrected chi connectivity index (χ4v) is 7.96. The lowest BCUT2D eigenvalue weighted by atomic mass is 9.82. The molecule has 0 radical (unpaired) electrons. The smallest absolute Gasteiger partial charge is 0.462 e. The number of quaternary nitrogens is 2. The summed E-state index contributed by atoms with van der Waals surface area (Å²) in [7, 11) is -3.26. The van der Waals surface area contributed by atoms with Gasteiger partial charge in [-0.2, -0.15) is 0 Å². The summed E-state index contributed by atoms with van der Waals surface area (Å²) in [5.74, 6) is -3.80. The van der Waals surface area contributed by atoms with Crippen LogP contribution in [0.5, 0.6) is 0 Å². The summed E-state index contributed by atoms with van der Waals surface area (Å²) in [6.07, 6.45) is 1.72. The molecule has 476 valence electrons. The first kappa shape index (κ1) is 88.2. The SMILES string of the molecule is C.C.C.CCC(=O)C(C)(CC)C(=O)OCCOP(=O)(O)OCC(C)C(C)=O.CCC(=O)C(C)(CC)C(=O)OCCOP(=O)(O)OCC[N+](C)(C)C.CCC(=O)C(C)(CC)C(=O)OCC[N+](C)(C)CCOP(=O)(O)OCC(C)C(C)=O. The molecule has 0 heterocycles. The third-order valence-corrected chi connectivity index (χ3v) is 15.7. The van der Waals surface area contributed by atoms with Gasteiger partial charge in [-0.25, -0.2) is 13.7 Å². The predicted molar refractivity (Wildman–Crippen MR) is 304 cm³/mol. The van der Waals surface area contributed by atoms with Crippen LogP contribution >= 0.6 is 23.5 Å². The Bertz CT molecular complexity index is 2050. The van der Waals surface area contributed by atoms with Crippen molar-refractivity contribution < 1.29 is 117 Å². The van der Waals surface area contributed by atoms with Crippen molar-refractivity contribution in [1.29, 1.82) is 0 Å². The second kappa shape index (κ2) is 41.1. The molecule has 3 N–H and O–H groups in total. The molecule has 0 aromatic carbocycles. The highest BCUT2D eigenvalue weighted by Gasteiger charge is 2.42. The molecule has 0 aromatic heterocycles. The van der Waals surface area contributed by atoms with Crippen LogP contribution in [0.15, 0.2) is 0 Å². The molecule has 28 heteroatoms. The quantitative estimate of drug-likeness (QED) is 0.0130. The molecule has 0 bridgehead atoms. The monoisotopic (exact) mass is 1220 g/mol. The van der Waals surface area contributed by atoms with Gasteiger partial charge in [0.2, 0.25) is 0 Å². The summed E-state index contributed by atoms with van der Waals surface area (Å²) in [6, 6.07) is 0. The van der Waals surface area contributed by atoms with Crippen LogP contribution in [0.25, 0.3) is 0 Å². The lowest BCUT2D eigenvalue weighted by Crippen LogP contribution is -2.46. The first-order valence-corrected chi connectivity index (χ1v) is 30.2. The number of ketones is 5. The maximum atomic E-state index is 12.3. The normalized spacial score (nSPS) is 16.5. The molecule has 0 saturated heterocycles. The average molecular weight is 1220 g/mol. The van der Waals surface area contributed by atoms with Gasteiger partial charge in [0.05, 0.1) is 61.7 Å². The van der Waals surface area contributed by atoms with Gasteiger partial charge < -0.3 is 37.9 Å². The second-order valence-electron chi connectivity index (χ2n) is 20.5. The van der Waals surface area contributed by atoms with Gasteiger partial charge >= 0.3 is 41.4 Å². The van der Waals surface area contributed by atoms with Gasteiger partial charge in [-0.3, -0.25) is 65.5 Å². The average Bonchev–Trinajstić information content (AvgIpc) is 3.35. The maximum absolute atomic E-state index is 12.3. The summed E-state index contributed by atoms with van der Waals surface area (Å²) in [5, 5.41) is 0. The zero-order valence-electron chi connectivity index (χ0n) is 49.1. The first-order chi connectivity index (χ1) is 35.1. The van der Waals surface area contributed by atoms with E-state index in [1.54, 1.807) is 62.3 Å². The number of Topliss-reactive ketones (excluding diaryl/α,β-unsaturated/α-hetero) is 5. The number of phosphoric acid groups is 3. The molecule has 8 atom stereocenters. The van der Waals surface area contributed by atoms with Gasteiger partial charge in [0.15, 0.2) is 0 Å². The van der Waals surface area contributed by atoms with Crippen LogP contribution in [0.4, 0.5) is 0 Å². The third kappa shape index (κ3) is 35.9. The molecule has 0 amide bonds. The van der Waals surface area contributed by atoms with Crippen LogP contribution in [0.2, 0.25) is 0 Å². The third-order valence-electron chi connectivity index (χ3n) is 12.7. The Morgan fingerprint density at radius 1 is 0.425 bits per heavy atom. The minimum atomic E-state index is -4.33. The van der Waals surface area contributed by atoms with E-state index in [0.29, 0.717) is 47.9 Å². The molecule has 0 aliphatic rings. The lowest BCUT2D eigenvalue weighted by Gasteiger charge is -2.30. The zero-order valence-corrected chi connectivity index (χ0v) is 51.8. The van der Waals surface area contributed by atoms with Gasteiger partial charge in [-0.05, 0) is 53.9 Å². The Kier molecular flexibility index (Phi) is 45.3. The van der Waals surface area contributed by atoms with Crippen molar-refractivity contribution in [2.24, 2.45) is 28.1 Å². The Balaban J connectivity index is -0.000000254. The Morgan fingerprint density at radius 2 is 0.675 bits per heavy atom. The van der Waals surface area contributed by atoms with E-state index in [4.69, 9.17) is 32.3 Å². The zero-order chi connectivity index (χ0) is 60.9. The molecule has 0 aliphatic heterocycles. The van der Waals surface area contributed by atoms with Gasteiger partial charge in [0, 0.05) is 31.1 Å². The van der Waals surface area contributed by atoms with Crippen molar-refractivity contribution in [2.75, 3.05) is 114 Å². The molecule has 25 nitrogen and oxygen atoms in total. The Hall–Kier alpha value is -2.99. The number of carbonyl (C=O) groups excluding carboxylic acids is 8. The van der Waals surface area contributed by atoms with Crippen LogP contribution < -0.4 is 0 Å². The first-order valence-electron chi connectivity index (χ1n) is 25.7. The van der Waals surface area contributed by atoms with E-state index in [0.717, 1.165) is 0 Å². The van der Waals surface area contributed by atoms with E-state index in [2.05, 4.69) is 9.05 Å². The van der Waals surface area contributed by atoms with Gasteiger partial charge in [0.1, 0.15) is 97.8 Å². The summed E-state index contributed by atoms with van der Waals surface area (Å²) in [4.78, 5) is 123. The topological polar surface area (TPSA) is 332 Å². The van der Waals surface area contributed by atoms with E-state index in [9.17, 15) is 66.7 Å². The minimum Gasteiger partial charge on any atom is -0.462 e. The predicted octanol–water partition coefficient (Wildman–Crippen LogP) is 8.32. The van der Waals surface area contributed by atoms with Crippen molar-refractivity contribution in [1.82, 2.24) is 0 Å². The van der Waals surface area contributed by atoms with Gasteiger partial charge in [-0.15, -0.1) is 0 Å². The van der Waals surface area contributed by atoms with Crippen molar-refractivity contribution in [2.45, 2.75) is 151 Å². The van der Waals surface area contributed by atoms with Crippen molar-refractivity contribution in [3.8, 4) is 0 Å². The van der Waals surface area contributed by atoms with Crippen molar-refractivity contribution in [3.63, 3.8) is 0 Å². The molecule has 0 spiro atoms. The second-order valence-corrected chi connectivity index (χ2v) is 24.9. The molecular formula is C52H107N2O23P3+2. The number of hydrogen-bond acceptors (Lipinski definition) is 20. The summed E-state index contributed by atoms with van der Waals surface area (Å²) < 4.78 is 80.0. The van der Waals surface area contributed by atoms with Crippen molar-refractivity contribution in [3.05, 3.63) is 0 Å². The Labute approximate surface area is 479 Å². The molecule has 0 rings (SSSR count). The van der Waals surface area contributed by atoms with Crippen LogP contribution in [-0.4, -0.2) is 185 Å². The number of rotatable bonds is 39. The number of hydrogen-bond donors (Lipinski definition) is 3. The van der Waals surface area contributed by atoms with E-state index in [1.165, 1.54) is 27.7 Å². The number of nitrogens with zero attached hydrogens (tertiary/aromatic N) is 2. The van der Waals surface area contributed by atoms with Gasteiger partial charge in [0.25, 0.3) is 0 Å². The molecule has 0 saturated carbocycles. The maximum Gasteiger partial charge on any atom is 0.472 e. The van der Waals surface area contributed by atoms with E-state index < -0.39 is 69.5 Å². The molecule has 80 heavy (non-hydrogen) atoms. The summed E-state index contributed by atoms with van der Waals surface area (Å²) in [5.41, 5.74) is -3.56. The number of phosphoric ester groups is 3. The van der Waals surface area contributed by atoms with E-state index in [1.807, 2.05) is 35.2 Å². The number of carbonyl (C=O) groups is 8. The minimum absolute atomic E-state index is 0. The highest BCUT2D eigenvalue weighted by molar-refractivity contribution is 7.47. The fraction of sp³-hybridized carbons (Fsp3) is 0.846. The van der Waals surface area contributed by atoms with Gasteiger partial charge in [-0.1, -0.05) is 77.7 Å².